The van der Waals surface area contributed by atoms with Gasteiger partial charge in [-0.1, -0.05) is 140 Å². The fraction of sp³-hybridized carbons (Fsp3) is 0. The van der Waals surface area contributed by atoms with E-state index in [-0.39, 0.29) is 0 Å². The second-order valence-corrected chi connectivity index (χ2v) is 16.4. The van der Waals surface area contributed by atoms with Crippen molar-refractivity contribution in [1.82, 2.24) is 13.7 Å². The molecular weight excluding hydrogens is 805 g/mol. The van der Waals surface area contributed by atoms with E-state index in [0.29, 0.717) is 22.5 Å². The Morgan fingerprint density at radius 2 is 1.00 bits per heavy atom. The summed E-state index contributed by atoms with van der Waals surface area (Å²) in [7, 11) is 0. The van der Waals surface area contributed by atoms with Gasteiger partial charge in [0.25, 0.3) is 0 Å². The summed E-state index contributed by atoms with van der Waals surface area (Å²) in [4.78, 5) is 2.27. The summed E-state index contributed by atoms with van der Waals surface area (Å²) >= 11 is 0. The van der Waals surface area contributed by atoms with Crippen molar-refractivity contribution in [3.8, 4) is 23.5 Å². The molecule has 0 atom stereocenters. The lowest BCUT2D eigenvalue weighted by Gasteiger charge is -2.25. The van der Waals surface area contributed by atoms with Crippen LogP contribution < -0.4 is 4.90 Å². The monoisotopic (exact) mass is 842 g/mol. The Kier molecular flexibility index (Phi) is 8.98. The molecule has 12 rings (SSSR count). The van der Waals surface area contributed by atoms with Crippen molar-refractivity contribution in [2.45, 2.75) is 0 Å². The number of fused-ring (bicyclic) bond motifs is 12. The van der Waals surface area contributed by atoms with Crippen LogP contribution in [0.5, 0.6) is 0 Å². The molecule has 0 aliphatic carbocycles. The van der Waals surface area contributed by atoms with Crippen LogP contribution in [0.15, 0.2) is 219 Å². The molecule has 0 amide bonds. The SMILES string of the molecule is C=C/C=C\C=C\n1c2ccccc2c2ccc3c4cc(N(c5ccccc5)c5ccccc5)ccc4n(-c4cc(C#N)c(-n5c6ccccc6c6c7ccccc7ccc65)cc4C#N)c3c21. The highest BCUT2D eigenvalue weighted by Gasteiger charge is 2.25. The van der Waals surface area contributed by atoms with E-state index in [0.717, 1.165) is 93.3 Å². The molecule has 0 aliphatic heterocycles. The van der Waals surface area contributed by atoms with E-state index in [9.17, 15) is 10.5 Å². The third-order valence-electron chi connectivity index (χ3n) is 12.9. The van der Waals surface area contributed by atoms with Gasteiger partial charge in [-0.3, -0.25) is 0 Å². The first-order chi connectivity index (χ1) is 32.7. The Bertz CT molecular complexity index is 4050. The molecular formula is C60H38N6. The summed E-state index contributed by atoms with van der Waals surface area (Å²) in [5, 5.41) is 31.2. The zero-order valence-electron chi connectivity index (χ0n) is 35.7. The average Bonchev–Trinajstić information content (AvgIpc) is 4.01. The molecule has 9 aromatic carbocycles. The lowest BCUT2D eigenvalue weighted by atomic mass is 10.0. The molecule has 66 heavy (non-hydrogen) atoms. The van der Waals surface area contributed by atoms with Crippen LogP contribution in [-0.2, 0) is 0 Å². The molecule has 0 radical (unpaired) electrons. The van der Waals surface area contributed by atoms with Gasteiger partial charge in [-0.2, -0.15) is 10.5 Å². The van der Waals surface area contributed by atoms with Crippen molar-refractivity contribution in [2.75, 3.05) is 4.90 Å². The topological polar surface area (TPSA) is 65.6 Å². The van der Waals surface area contributed by atoms with Gasteiger partial charge in [-0.25, -0.2) is 0 Å². The highest BCUT2D eigenvalue weighted by atomic mass is 15.1. The summed E-state index contributed by atoms with van der Waals surface area (Å²) in [6, 6.07) is 70.2. The van der Waals surface area contributed by atoms with Gasteiger partial charge in [0, 0.05) is 55.6 Å². The fourth-order valence-electron chi connectivity index (χ4n) is 10.1. The normalized spacial score (nSPS) is 11.8. The zero-order chi connectivity index (χ0) is 44.3. The molecule has 3 heterocycles. The van der Waals surface area contributed by atoms with Crippen LogP contribution >= 0.6 is 0 Å². The van der Waals surface area contributed by atoms with E-state index >= 15 is 0 Å². The molecule has 0 fully saturated rings. The maximum absolute atomic E-state index is 11.3. The first kappa shape index (κ1) is 38.3. The van der Waals surface area contributed by atoms with Crippen LogP contribution in [0.1, 0.15) is 11.1 Å². The molecule has 0 aliphatic rings. The van der Waals surface area contributed by atoms with Crippen molar-refractivity contribution >= 4 is 99.5 Å². The first-order valence-corrected chi connectivity index (χ1v) is 21.9. The van der Waals surface area contributed by atoms with Gasteiger partial charge < -0.3 is 18.6 Å². The highest BCUT2D eigenvalue weighted by molar-refractivity contribution is 6.25. The number of rotatable bonds is 8. The lowest BCUT2D eigenvalue weighted by Crippen LogP contribution is -2.09. The van der Waals surface area contributed by atoms with E-state index in [4.69, 9.17) is 0 Å². The molecule has 0 spiro atoms. The maximum atomic E-state index is 11.3. The minimum absolute atomic E-state index is 0.443. The molecule has 0 bridgehead atoms. The molecule has 0 unspecified atom stereocenters. The molecule has 12 aromatic rings. The number of allylic oxidation sites excluding steroid dienone is 4. The number of benzene rings is 9. The van der Waals surface area contributed by atoms with Gasteiger partial charge >= 0.3 is 0 Å². The number of hydrogen-bond acceptors (Lipinski definition) is 3. The molecule has 308 valence electrons. The fourth-order valence-corrected chi connectivity index (χ4v) is 10.1. The number of hydrogen-bond donors (Lipinski definition) is 0. The first-order valence-electron chi connectivity index (χ1n) is 21.9. The minimum Gasteiger partial charge on any atom is -0.314 e. The van der Waals surface area contributed by atoms with Gasteiger partial charge in [0.15, 0.2) is 0 Å². The standard InChI is InChI=1S/C60H38N6/c1-2-3-4-17-34-63-52-26-15-13-24-47(52)48-30-31-49-51-37-45(64(43-19-7-5-8-20-43)44-21-9-6-10-22-44)29-33-54(51)66(60(49)59(48)63)57-36-41(38-61)56(35-42(57)39-62)65-53-27-16-14-25-50(53)58-46-23-12-11-18-40(46)28-32-55(58)65/h2-37H,1H2/b4-3-,34-17+. The van der Waals surface area contributed by atoms with E-state index in [1.54, 1.807) is 6.08 Å². The second kappa shape index (κ2) is 15.5. The molecule has 6 nitrogen and oxygen atoms in total. The van der Waals surface area contributed by atoms with Crippen molar-refractivity contribution in [3.63, 3.8) is 0 Å². The predicted octanol–water partition coefficient (Wildman–Crippen LogP) is 15.6. The van der Waals surface area contributed by atoms with Crippen molar-refractivity contribution < 1.29 is 0 Å². The van der Waals surface area contributed by atoms with Gasteiger partial charge in [-0.05, 0) is 89.6 Å². The Morgan fingerprint density at radius 3 is 1.70 bits per heavy atom. The molecule has 0 saturated carbocycles. The molecule has 0 saturated heterocycles. The van der Waals surface area contributed by atoms with Crippen LogP contribution in [0.2, 0.25) is 0 Å². The summed E-state index contributed by atoms with van der Waals surface area (Å²) in [5.74, 6) is 0. The van der Waals surface area contributed by atoms with E-state index < -0.39 is 0 Å². The second-order valence-electron chi connectivity index (χ2n) is 16.4. The Balaban J connectivity index is 1.20. The Hall–Kier alpha value is -9.36. The Morgan fingerprint density at radius 1 is 0.424 bits per heavy atom. The number of nitrogens with zero attached hydrogens (tertiary/aromatic N) is 6. The van der Waals surface area contributed by atoms with Gasteiger partial charge in [0.1, 0.15) is 12.1 Å². The minimum atomic E-state index is 0.443. The number of nitriles is 2. The van der Waals surface area contributed by atoms with Crippen molar-refractivity contribution in [1.29, 1.82) is 10.5 Å². The number of para-hydroxylation sites is 4. The molecule has 0 N–H and O–H groups in total. The maximum Gasteiger partial charge on any atom is 0.101 e. The van der Waals surface area contributed by atoms with Gasteiger partial charge in [0.2, 0.25) is 0 Å². The smallest absolute Gasteiger partial charge is 0.101 e. The summed E-state index contributed by atoms with van der Waals surface area (Å²) in [5.41, 5.74) is 11.0. The average molecular weight is 843 g/mol. The van der Waals surface area contributed by atoms with Gasteiger partial charge in [-0.15, -0.1) is 0 Å². The summed E-state index contributed by atoms with van der Waals surface area (Å²) in [6.45, 7) is 3.87. The summed E-state index contributed by atoms with van der Waals surface area (Å²) in [6.07, 6.45) is 9.76. The van der Waals surface area contributed by atoms with E-state index in [1.807, 2.05) is 48.6 Å². The third-order valence-corrected chi connectivity index (χ3v) is 12.9. The van der Waals surface area contributed by atoms with Crippen molar-refractivity contribution in [2.24, 2.45) is 0 Å². The highest BCUT2D eigenvalue weighted by Crippen LogP contribution is 2.45. The predicted molar refractivity (Wildman–Crippen MR) is 274 cm³/mol. The summed E-state index contributed by atoms with van der Waals surface area (Å²) < 4.78 is 6.60. The molecule has 6 heteroatoms. The van der Waals surface area contributed by atoms with Gasteiger partial charge in [0.05, 0.1) is 55.6 Å². The van der Waals surface area contributed by atoms with E-state index in [1.165, 1.54) is 0 Å². The van der Waals surface area contributed by atoms with Crippen molar-refractivity contribution in [3.05, 3.63) is 230 Å². The van der Waals surface area contributed by atoms with Crippen LogP contribution in [0, 0.1) is 22.7 Å². The quantitative estimate of drug-likeness (QED) is 0.143. The molecule has 3 aromatic heterocycles. The largest absolute Gasteiger partial charge is 0.314 e. The number of anilines is 3. The Labute approximate surface area is 380 Å². The lowest BCUT2D eigenvalue weighted by molar-refractivity contribution is 1.12. The van der Waals surface area contributed by atoms with E-state index in [2.05, 4.69) is 201 Å². The number of aromatic nitrogens is 3. The zero-order valence-corrected chi connectivity index (χ0v) is 35.7. The van der Waals surface area contributed by atoms with Crippen LogP contribution in [0.25, 0.3) is 93.8 Å². The van der Waals surface area contributed by atoms with Crippen LogP contribution in [0.3, 0.4) is 0 Å². The van der Waals surface area contributed by atoms with Crippen LogP contribution in [0.4, 0.5) is 17.1 Å². The van der Waals surface area contributed by atoms with Crippen LogP contribution in [-0.4, -0.2) is 13.7 Å². The third kappa shape index (κ3) is 5.80.